The van der Waals surface area contributed by atoms with E-state index in [1.54, 1.807) is 12.3 Å². The number of pyridine rings is 1. The maximum Gasteiger partial charge on any atom is 0.231 e. The van der Waals surface area contributed by atoms with Gasteiger partial charge in [-0.05, 0) is 43.2 Å². The number of ether oxygens (including phenoxy) is 2. The van der Waals surface area contributed by atoms with Crippen LogP contribution in [0.1, 0.15) is 38.2 Å². The largest absolute Gasteiger partial charge is 0.477 e. The minimum atomic E-state index is -0.0825. The van der Waals surface area contributed by atoms with E-state index in [1.165, 1.54) is 5.56 Å². The van der Waals surface area contributed by atoms with E-state index in [1.807, 2.05) is 56.4 Å². The summed E-state index contributed by atoms with van der Waals surface area (Å²) in [6.07, 6.45) is 5.43. The number of Topliss-reactive ketones (excluding diaryl/α,β-unsaturated/α-hetero) is 1. The summed E-state index contributed by atoms with van der Waals surface area (Å²) in [5, 5.41) is 0. The van der Waals surface area contributed by atoms with Crippen molar-refractivity contribution in [3.8, 4) is 11.5 Å². The van der Waals surface area contributed by atoms with E-state index >= 15 is 0 Å². The van der Waals surface area contributed by atoms with Crippen LogP contribution in [0.2, 0.25) is 0 Å². The van der Waals surface area contributed by atoms with E-state index in [-0.39, 0.29) is 5.78 Å². The van der Waals surface area contributed by atoms with Gasteiger partial charge in [-0.2, -0.15) is 0 Å². The van der Waals surface area contributed by atoms with E-state index < -0.39 is 0 Å². The monoisotopic (exact) mass is 398 g/mol. The quantitative estimate of drug-likeness (QED) is 0.600. The zero-order valence-corrected chi connectivity index (χ0v) is 17.0. The average molecular weight is 398 g/mol. The van der Waals surface area contributed by atoms with E-state index in [9.17, 15) is 4.79 Å². The van der Waals surface area contributed by atoms with E-state index in [0.717, 1.165) is 34.5 Å². The average Bonchev–Trinajstić information content (AvgIpc) is 3.06. The van der Waals surface area contributed by atoms with Crippen LogP contribution >= 0.6 is 0 Å². The summed E-state index contributed by atoms with van der Waals surface area (Å²) >= 11 is 0. The molecule has 0 unspecified atom stereocenters. The molecule has 0 fully saturated rings. The van der Waals surface area contributed by atoms with Crippen LogP contribution in [-0.2, 0) is 13.1 Å². The fourth-order valence-electron chi connectivity index (χ4n) is 3.96. The van der Waals surface area contributed by atoms with Crippen molar-refractivity contribution in [3.05, 3.63) is 94.0 Å². The molecule has 2 aromatic carbocycles. The SMILES string of the molecule is Cc1ccc(/C=C2\Oc3c(cc4c(c3C)OCN(Cc3cccnc3)C4)C2=O)cc1. The number of aromatic nitrogens is 1. The van der Waals surface area contributed by atoms with Crippen molar-refractivity contribution >= 4 is 11.9 Å². The Hall–Kier alpha value is -3.44. The summed E-state index contributed by atoms with van der Waals surface area (Å²) in [6.45, 7) is 5.93. The highest BCUT2D eigenvalue weighted by Crippen LogP contribution is 2.43. The Labute approximate surface area is 175 Å². The van der Waals surface area contributed by atoms with Crippen molar-refractivity contribution in [1.29, 1.82) is 0 Å². The van der Waals surface area contributed by atoms with Gasteiger partial charge in [0.05, 0.1) is 5.56 Å². The summed E-state index contributed by atoms with van der Waals surface area (Å²) < 4.78 is 12.0. The maximum absolute atomic E-state index is 13.0. The van der Waals surface area contributed by atoms with Gasteiger partial charge in [0.15, 0.2) is 5.76 Å². The second-order valence-electron chi connectivity index (χ2n) is 7.84. The molecular formula is C25H22N2O3. The summed E-state index contributed by atoms with van der Waals surface area (Å²) in [5.41, 5.74) is 5.74. The predicted octanol–water partition coefficient (Wildman–Crippen LogP) is 4.67. The molecule has 5 heteroatoms. The molecule has 150 valence electrons. The first-order valence-electron chi connectivity index (χ1n) is 10.00. The fraction of sp³-hybridized carbons (Fsp3) is 0.200. The first-order valence-corrected chi connectivity index (χ1v) is 10.00. The number of ketones is 1. The Morgan fingerprint density at radius 2 is 1.97 bits per heavy atom. The highest BCUT2D eigenvalue weighted by Gasteiger charge is 2.33. The summed E-state index contributed by atoms with van der Waals surface area (Å²) in [5.74, 6) is 1.70. The number of carbonyl (C=O) groups is 1. The second-order valence-corrected chi connectivity index (χ2v) is 7.84. The van der Waals surface area contributed by atoms with Gasteiger partial charge in [-0.1, -0.05) is 35.9 Å². The topological polar surface area (TPSA) is 51.7 Å². The van der Waals surface area contributed by atoms with Crippen LogP contribution in [0.15, 0.2) is 60.6 Å². The zero-order chi connectivity index (χ0) is 20.7. The molecule has 2 aliphatic rings. The Kier molecular flexibility index (Phi) is 4.60. The van der Waals surface area contributed by atoms with Gasteiger partial charge >= 0.3 is 0 Å². The number of carbonyl (C=O) groups excluding carboxylic acids is 1. The van der Waals surface area contributed by atoms with Gasteiger partial charge in [-0.25, -0.2) is 0 Å². The first-order chi connectivity index (χ1) is 14.6. The zero-order valence-electron chi connectivity index (χ0n) is 17.0. The van der Waals surface area contributed by atoms with Crippen LogP contribution in [0.25, 0.3) is 6.08 Å². The van der Waals surface area contributed by atoms with Gasteiger partial charge in [0.1, 0.15) is 18.2 Å². The Morgan fingerprint density at radius 1 is 1.13 bits per heavy atom. The lowest BCUT2D eigenvalue weighted by Gasteiger charge is -2.30. The molecule has 0 atom stereocenters. The molecule has 3 aromatic rings. The number of aryl methyl sites for hydroxylation is 1. The molecular weight excluding hydrogens is 376 g/mol. The van der Waals surface area contributed by atoms with Gasteiger partial charge in [-0.15, -0.1) is 0 Å². The van der Waals surface area contributed by atoms with Crippen LogP contribution in [0.5, 0.6) is 11.5 Å². The van der Waals surface area contributed by atoms with Crippen LogP contribution in [0.3, 0.4) is 0 Å². The molecule has 30 heavy (non-hydrogen) atoms. The fourth-order valence-corrected chi connectivity index (χ4v) is 3.96. The first kappa shape index (κ1) is 18.6. The Balaban J connectivity index is 1.43. The lowest BCUT2D eigenvalue weighted by Crippen LogP contribution is -2.32. The Morgan fingerprint density at radius 3 is 2.73 bits per heavy atom. The molecule has 0 amide bonds. The Bertz CT molecular complexity index is 1150. The third-order valence-electron chi connectivity index (χ3n) is 5.51. The number of rotatable bonds is 3. The number of nitrogens with zero attached hydrogens (tertiary/aromatic N) is 2. The summed E-state index contributed by atoms with van der Waals surface area (Å²) in [7, 11) is 0. The highest BCUT2D eigenvalue weighted by atomic mass is 16.5. The summed E-state index contributed by atoms with van der Waals surface area (Å²) in [6, 6.07) is 13.9. The number of fused-ring (bicyclic) bond motifs is 2. The molecule has 0 saturated heterocycles. The van der Waals surface area contributed by atoms with Crippen molar-refractivity contribution in [2.75, 3.05) is 6.73 Å². The minimum Gasteiger partial charge on any atom is -0.477 e. The van der Waals surface area contributed by atoms with Gasteiger partial charge in [0, 0.05) is 36.6 Å². The second kappa shape index (κ2) is 7.43. The van der Waals surface area contributed by atoms with E-state index in [4.69, 9.17) is 9.47 Å². The van der Waals surface area contributed by atoms with E-state index in [2.05, 4.69) is 16.0 Å². The smallest absolute Gasteiger partial charge is 0.231 e. The van der Waals surface area contributed by atoms with Crippen molar-refractivity contribution in [2.45, 2.75) is 26.9 Å². The molecule has 0 bridgehead atoms. The molecule has 0 radical (unpaired) electrons. The minimum absolute atomic E-state index is 0.0825. The molecule has 0 N–H and O–H groups in total. The number of hydrogen-bond donors (Lipinski definition) is 0. The van der Waals surface area contributed by atoms with Gasteiger partial charge in [0.2, 0.25) is 5.78 Å². The van der Waals surface area contributed by atoms with Crippen LogP contribution < -0.4 is 9.47 Å². The van der Waals surface area contributed by atoms with Crippen molar-refractivity contribution < 1.29 is 14.3 Å². The van der Waals surface area contributed by atoms with Crippen molar-refractivity contribution in [3.63, 3.8) is 0 Å². The molecule has 0 saturated carbocycles. The third kappa shape index (κ3) is 3.37. The van der Waals surface area contributed by atoms with Gasteiger partial charge in [0.25, 0.3) is 0 Å². The lowest BCUT2D eigenvalue weighted by atomic mass is 10.00. The molecule has 5 rings (SSSR count). The number of benzene rings is 2. The molecule has 2 aliphatic heterocycles. The third-order valence-corrected chi connectivity index (χ3v) is 5.51. The van der Waals surface area contributed by atoms with Crippen molar-refractivity contribution in [1.82, 2.24) is 9.88 Å². The number of hydrogen-bond acceptors (Lipinski definition) is 5. The van der Waals surface area contributed by atoms with Crippen molar-refractivity contribution in [2.24, 2.45) is 0 Å². The van der Waals surface area contributed by atoms with Crippen LogP contribution in [0, 0.1) is 13.8 Å². The normalized spacial score (nSPS) is 16.7. The van der Waals surface area contributed by atoms with Gasteiger partial charge < -0.3 is 9.47 Å². The lowest BCUT2D eigenvalue weighted by molar-refractivity contribution is 0.0876. The predicted molar refractivity (Wildman–Crippen MR) is 114 cm³/mol. The highest BCUT2D eigenvalue weighted by molar-refractivity contribution is 6.15. The summed E-state index contributed by atoms with van der Waals surface area (Å²) in [4.78, 5) is 19.4. The molecule has 1 aromatic heterocycles. The van der Waals surface area contributed by atoms with Gasteiger partial charge in [-0.3, -0.25) is 14.7 Å². The van der Waals surface area contributed by atoms with Crippen LogP contribution in [-0.4, -0.2) is 22.4 Å². The van der Waals surface area contributed by atoms with E-state index in [0.29, 0.717) is 30.3 Å². The molecule has 0 spiro atoms. The molecule has 3 heterocycles. The standard InChI is InChI=1S/C25H22N2O3/c1-16-5-7-18(8-6-16)10-22-23(28)21-11-20-14-27(13-19-4-3-9-26-12-19)15-29-24(20)17(2)25(21)30-22/h3-12H,13-15H2,1-2H3/b22-10-. The maximum atomic E-state index is 13.0. The van der Waals surface area contributed by atoms with Crippen LogP contribution in [0.4, 0.5) is 0 Å². The molecule has 5 nitrogen and oxygen atoms in total. The number of allylic oxidation sites excluding steroid dienone is 1. The molecule has 0 aliphatic carbocycles.